The highest BCUT2D eigenvalue weighted by Gasteiger charge is 2.07. The van der Waals surface area contributed by atoms with Crippen molar-refractivity contribution in [3.05, 3.63) is 58.7 Å². The normalized spacial score (nSPS) is 11.0. The molecule has 0 bridgehead atoms. The Balaban J connectivity index is 1.80. The van der Waals surface area contributed by atoms with E-state index in [1.165, 1.54) is 11.1 Å². The molecule has 4 heteroatoms. The van der Waals surface area contributed by atoms with Crippen LogP contribution in [0.5, 0.6) is 11.5 Å². The van der Waals surface area contributed by atoms with E-state index in [2.05, 4.69) is 69.0 Å². The summed E-state index contributed by atoms with van der Waals surface area (Å²) >= 11 is 5.96. The van der Waals surface area contributed by atoms with E-state index in [9.17, 15) is 0 Å². The molecular formula is C22H30ClNO2. The quantitative estimate of drug-likeness (QED) is 0.550. The minimum Gasteiger partial charge on any atom is -0.492 e. The summed E-state index contributed by atoms with van der Waals surface area (Å²) in [6.07, 6.45) is 0. The second kappa shape index (κ2) is 10.4. The Kier molecular flexibility index (Phi) is 8.27. The van der Waals surface area contributed by atoms with E-state index in [1.807, 2.05) is 0 Å². The molecule has 2 aromatic rings. The van der Waals surface area contributed by atoms with Crippen molar-refractivity contribution in [2.24, 2.45) is 0 Å². The molecule has 0 atom stereocenters. The van der Waals surface area contributed by atoms with Gasteiger partial charge in [-0.2, -0.15) is 0 Å². The fourth-order valence-electron chi connectivity index (χ4n) is 2.75. The lowest BCUT2D eigenvalue weighted by Crippen LogP contribution is -2.34. The molecule has 0 unspecified atom stereocenters. The van der Waals surface area contributed by atoms with E-state index < -0.39 is 0 Å². The predicted molar refractivity (Wildman–Crippen MR) is 110 cm³/mol. The Bertz CT molecular complexity index is 645. The molecule has 0 radical (unpaired) electrons. The molecule has 2 aromatic carbocycles. The molecule has 0 aliphatic carbocycles. The van der Waals surface area contributed by atoms with Crippen LogP contribution in [0.25, 0.3) is 0 Å². The number of hydrogen-bond donors (Lipinski definition) is 0. The molecule has 26 heavy (non-hydrogen) atoms. The third-order valence-electron chi connectivity index (χ3n) is 4.42. The molecule has 0 saturated heterocycles. The molecule has 142 valence electrons. The van der Waals surface area contributed by atoms with Crippen LogP contribution < -0.4 is 9.47 Å². The first-order chi connectivity index (χ1) is 12.5. The van der Waals surface area contributed by atoms with Crippen LogP contribution >= 0.6 is 11.6 Å². The zero-order valence-corrected chi connectivity index (χ0v) is 17.1. The number of aryl methyl sites for hydroxylation is 4. The van der Waals surface area contributed by atoms with Crippen LogP contribution in [0.2, 0.25) is 0 Å². The minimum atomic E-state index is 0.604. The van der Waals surface area contributed by atoms with Crippen molar-refractivity contribution in [1.29, 1.82) is 0 Å². The molecule has 0 spiro atoms. The average molecular weight is 376 g/mol. The fourth-order valence-corrected chi connectivity index (χ4v) is 2.99. The summed E-state index contributed by atoms with van der Waals surface area (Å²) in [7, 11) is 0. The van der Waals surface area contributed by atoms with E-state index >= 15 is 0 Å². The van der Waals surface area contributed by atoms with Crippen LogP contribution in [0, 0.1) is 27.7 Å². The molecule has 0 aliphatic heterocycles. The highest BCUT2D eigenvalue weighted by atomic mass is 35.5. The average Bonchev–Trinajstić information content (AvgIpc) is 2.61. The lowest BCUT2D eigenvalue weighted by Gasteiger charge is -2.22. The van der Waals surface area contributed by atoms with Crippen LogP contribution in [0.4, 0.5) is 0 Å². The van der Waals surface area contributed by atoms with Crippen molar-refractivity contribution in [1.82, 2.24) is 4.90 Å². The number of hydrogen-bond acceptors (Lipinski definition) is 3. The highest BCUT2D eigenvalue weighted by molar-refractivity contribution is 6.18. The Hall–Kier alpha value is -1.71. The van der Waals surface area contributed by atoms with Gasteiger partial charge in [-0.3, -0.25) is 4.90 Å². The number of nitrogens with zero attached hydrogens (tertiary/aromatic N) is 1. The van der Waals surface area contributed by atoms with Gasteiger partial charge in [0.15, 0.2) is 0 Å². The van der Waals surface area contributed by atoms with Crippen molar-refractivity contribution >= 4 is 11.6 Å². The first kappa shape index (κ1) is 20.6. The minimum absolute atomic E-state index is 0.604. The zero-order valence-electron chi connectivity index (χ0n) is 16.3. The Morgan fingerprint density at radius 1 is 0.731 bits per heavy atom. The summed E-state index contributed by atoms with van der Waals surface area (Å²) in [6.45, 7) is 12.1. The third-order valence-corrected chi connectivity index (χ3v) is 4.59. The van der Waals surface area contributed by atoms with Gasteiger partial charge in [-0.05, 0) is 62.1 Å². The van der Waals surface area contributed by atoms with Gasteiger partial charge in [0.05, 0.1) is 0 Å². The Morgan fingerprint density at radius 3 is 1.62 bits per heavy atom. The standard InChI is InChI=1S/C22H30ClNO2/c1-17-5-7-19(3)21(15-17)25-13-11-24(10-9-23)12-14-26-22-16-18(2)6-8-20(22)4/h5-8,15-16H,9-14H2,1-4H3. The molecule has 0 saturated carbocycles. The van der Waals surface area contributed by atoms with Gasteiger partial charge in [0.25, 0.3) is 0 Å². The van der Waals surface area contributed by atoms with Crippen molar-refractivity contribution < 1.29 is 9.47 Å². The lowest BCUT2D eigenvalue weighted by molar-refractivity contribution is 0.182. The largest absolute Gasteiger partial charge is 0.492 e. The number of rotatable bonds is 10. The predicted octanol–water partition coefficient (Wildman–Crippen LogP) is 4.92. The van der Waals surface area contributed by atoms with E-state index in [0.29, 0.717) is 19.1 Å². The van der Waals surface area contributed by atoms with Crippen molar-refractivity contribution in [3.63, 3.8) is 0 Å². The summed E-state index contributed by atoms with van der Waals surface area (Å²) in [5.74, 6) is 2.53. The SMILES string of the molecule is Cc1ccc(C)c(OCCN(CCCl)CCOc2cc(C)ccc2C)c1. The maximum Gasteiger partial charge on any atom is 0.122 e. The second-order valence-corrected chi connectivity index (χ2v) is 7.14. The van der Waals surface area contributed by atoms with Crippen LogP contribution in [-0.4, -0.2) is 43.6 Å². The maximum atomic E-state index is 5.97. The van der Waals surface area contributed by atoms with Crippen molar-refractivity contribution in [3.8, 4) is 11.5 Å². The number of ether oxygens (including phenoxy) is 2. The lowest BCUT2D eigenvalue weighted by atomic mass is 10.1. The second-order valence-electron chi connectivity index (χ2n) is 6.77. The third kappa shape index (κ3) is 6.54. The van der Waals surface area contributed by atoms with Gasteiger partial charge in [0.2, 0.25) is 0 Å². The first-order valence-corrected chi connectivity index (χ1v) is 9.71. The fraction of sp³-hybridized carbons (Fsp3) is 0.455. The van der Waals surface area contributed by atoms with Crippen molar-refractivity contribution in [2.75, 3.05) is 38.7 Å². The molecule has 0 aromatic heterocycles. The molecule has 3 nitrogen and oxygen atoms in total. The number of benzene rings is 2. The molecule has 2 rings (SSSR count). The summed E-state index contributed by atoms with van der Waals surface area (Å²) < 4.78 is 11.9. The van der Waals surface area contributed by atoms with Gasteiger partial charge in [-0.15, -0.1) is 11.6 Å². The van der Waals surface area contributed by atoms with Gasteiger partial charge < -0.3 is 9.47 Å². The molecule has 0 heterocycles. The van der Waals surface area contributed by atoms with Gasteiger partial charge in [-0.25, -0.2) is 0 Å². The van der Waals surface area contributed by atoms with Gasteiger partial charge in [0.1, 0.15) is 24.7 Å². The molecular weight excluding hydrogens is 346 g/mol. The van der Waals surface area contributed by atoms with Crippen LogP contribution in [0.3, 0.4) is 0 Å². The van der Waals surface area contributed by atoms with E-state index in [0.717, 1.165) is 42.3 Å². The highest BCUT2D eigenvalue weighted by Crippen LogP contribution is 2.20. The van der Waals surface area contributed by atoms with E-state index in [1.54, 1.807) is 0 Å². The van der Waals surface area contributed by atoms with Gasteiger partial charge >= 0.3 is 0 Å². The van der Waals surface area contributed by atoms with Crippen LogP contribution in [-0.2, 0) is 0 Å². The molecule has 0 amide bonds. The van der Waals surface area contributed by atoms with Crippen LogP contribution in [0.1, 0.15) is 22.3 Å². The molecule has 0 N–H and O–H groups in total. The van der Waals surface area contributed by atoms with Gasteiger partial charge in [-0.1, -0.05) is 24.3 Å². The van der Waals surface area contributed by atoms with Crippen molar-refractivity contribution in [2.45, 2.75) is 27.7 Å². The topological polar surface area (TPSA) is 21.7 Å². The monoisotopic (exact) mass is 375 g/mol. The maximum absolute atomic E-state index is 5.97. The van der Waals surface area contributed by atoms with Gasteiger partial charge in [0, 0.05) is 25.5 Å². The van der Waals surface area contributed by atoms with Crippen LogP contribution in [0.15, 0.2) is 36.4 Å². The molecule has 0 aliphatic rings. The molecule has 0 fully saturated rings. The smallest absolute Gasteiger partial charge is 0.122 e. The summed E-state index contributed by atoms with van der Waals surface area (Å²) in [5.41, 5.74) is 4.76. The van der Waals surface area contributed by atoms with E-state index in [-0.39, 0.29) is 0 Å². The van der Waals surface area contributed by atoms with E-state index in [4.69, 9.17) is 21.1 Å². The number of halogens is 1. The first-order valence-electron chi connectivity index (χ1n) is 9.18. The zero-order chi connectivity index (χ0) is 18.9. The summed E-state index contributed by atoms with van der Waals surface area (Å²) in [5, 5.41) is 0. The summed E-state index contributed by atoms with van der Waals surface area (Å²) in [4.78, 5) is 2.28. The Morgan fingerprint density at radius 2 is 1.19 bits per heavy atom. The number of alkyl halides is 1. The summed E-state index contributed by atoms with van der Waals surface area (Å²) in [6, 6.07) is 12.6. The Labute approximate surface area is 162 Å².